The highest BCUT2D eigenvalue weighted by atomic mass is 16.5. The molecule has 0 atom stereocenters. The Morgan fingerprint density at radius 1 is 0.371 bits per heavy atom. The van der Waals surface area contributed by atoms with Gasteiger partial charge in [-0.2, -0.15) is 5.26 Å². The van der Waals surface area contributed by atoms with Crippen LogP contribution in [0.2, 0.25) is 0 Å². The number of para-hydroxylation sites is 2. The van der Waals surface area contributed by atoms with Gasteiger partial charge in [0.05, 0.1) is 17.0 Å². The fraction of sp³-hybridized carbons (Fsp3) is 0.0175. The van der Waals surface area contributed by atoms with Crippen LogP contribution in [-0.2, 0) is 5.41 Å². The van der Waals surface area contributed by atoms with Gasteiger partial charge in [0.15, 0.2) is 17.5 Å². The number of nitrogens with zero attached hydrogens (tertiary/aromatic N) is 4. The minimum Gasteiger partial charge on any atom is -0.457 e. The monoisotopic (exact) mass is 790 g/mol. The average molecular weight is 791 g/mol. The van der Waals surface area contributed by atoms with E-state index in [4.69, 9.17) is 19.7 Å². The van der Waals surface area contributed by atoms with Crippen LogP contribution in [0.1, 0.15) is 27.8 Å². The third-order valence-electron chi connectivity index (χ3n) is 12.5. The second-order valence-corrected chi connectivity index (χ2v) is 15.7. The molecular formula is C57H34N4O. The van der Waals surface area contributed by atoms with Gasteiger partial charge in [0.1, 0.15) is 11.5 Å². The first kappa shape index (κ1) is 35.5. The molecule has 0 amide bonds. The van der Waals surface area contributed by atoms with Crippen molar-refractivity contribution in [2.75, 3.05) is 0 Å². The third kappa shape index (κ3) is 5.30. The molecule has 0 saturated carbocycles. The van der Waals surface area contributed by atoms with Crippen LogP contribution in [0.5, 0.6) is 11.5 Å². The number of rotatable bonds is 5. The molecule has 2 heterocycles. The number of nitriles is 1. The minimum absolute atomic E-state index is 0.598. The summed E-state index contributed by atoms with van der Waals surface area (Å²) in [6, 6.07) is 73.9. The lowest BCUT2D eigenvalue weighted by Gasteiger charge is -2.39. The molecule has 0 N–H and O–H groups in total. The van der Waals surface area contributed by atoms with Gasteiger partial charge in [0.25, 0.3) is 0 Å². The van der Waals surface area contributed by atoms with E-state index in [0.29, 0.717) is 23.0 Å². The van der Waals surface area contributed by atoms with Crippen molar-refractivity contribution in [2.24, 2.45) is 0 Å². The molecule has 1 aliphatic carbocycles. The van der Waals surface area contributed by atoms with Crippen LogP contribution in [0, 0.1) is 11.3 Å². The number of benzene rings is 9. The second-order valence-electron chi connectivity index (χ2n) is 15.7. The molecule has 9 aromatic carbocycles. The van der Waals surface area contributed by atoms with Crippen molar-refractivity contribution in [3.05, 3.63) is 234 Å². The van der Waals surface area contributed by atoms with E-state index in [1.54, 1.807) is 0 Å². The van der Waals surface area contributed by atoms with E-state index in [-0.39, 0.29) is 0 Å². The molecule has 62 heavy (non-hydrogen) atoms. The van der Waals surface area contributed by atoms with Crippen LogP contribution in [0.15, 0.2) is 206 Å². The van der Waals surface area contributed by atoms with Crippen molar-refractivity contribution in [3.8, 4) is 85.1 Å². The van der Waals surface area contributed by atoms with E-state index in [1.807, 2.05) is 91.0 Å². The molecule has 5 heteroatoms. The number of aromatic nitrogens is 3. The Bertz CT molecular complexity index is 3360. The summed E-state index contributed by atoms with van der Waals surface area (Å²) in [4.78, 5) is 15.2. The molecule has 1 aromatic heterocycles. The van der Waals surface area contributed by atoms with Gasteiger partial charge in [-0.3, -0.25) is 0 Å². The van der Waals surface area contributed by atoms with E-state index in [1.165, 1.54) is 11.1 Å². The van der Waals surface area contributed by atoms with Gasteiger partial charge in [-0.15, -0.1) is 0 Å². The van der Waals surface area contributed by atoms with Gasteiger partial charge >= 0.3 is 0 Å². The van der Waals surface area contributed by atoms with Crippen LogP contribution in [-0.4, -0.2) is 15.0 Å². The van der Waals surface area contributed by atoms with E-state index >= 15 is 0 Å². The molecule has 2 aliphatic rings. The SMILES string of the molecule is N#Cc1ccc(-c2cccc3c2-c2c(-c4cccc(-c5nc(-c6ccccc6)nc(-c6ccccc6)n5)c4)cccc2C32c3ccccc3Oc3ccccc32)c2ccccc12. The van der Waals surface area contributed by atoms with Crippen LogP contribution < -0.4 is 4.74 Å². The van der Waals surface area contributed by atoms with Crippen molar-refractivity contribution in [1.82, 2.24) is 15.0 Å². The molecule has 1 aliphatic heterocycles. The predicted octanol–water partition coefficient (Wildman–Crippen LogP) is 13.7. The Labute approximate surface area is 358 Å². The number of hydrogen-bond acceptors (Lipinski definition) is 5. The fourth-order valence-corrected chi connectivity index (χ4v) is 9.85. The van der Waals surface area contributed by atoms with Gasteiger partial charge in [-0.05, 0) is 74.2 Å². The van der Waals surface area contributed by atoms with Gasteiger partial charge in [-0.1, -0.05) is 182 Å². The second kappa shape index (κ2) is 14.1. The van der Waals surface area contributed by atoms with Crippen LogP contribution >= 0.6 is 0 Å². The summed E-state index contributed by atoms with van der Waals surface area (Å²) in [6.07, 6.45) is 0. The minimum atomic E-state index is -0.689. The molecule has 0 fully saturated rings. The van der Waals surface area contributed by atoms with E-state index < -0.39 is 5.41 Å². The quantitative estimate of drug-likeness (QED) is 0.174. The zero-order valence-corrected chi connectivity index (χ0v) is 33.3. The molecule has 0 radical (unpaired) electrons. The van der Waals surface area contributed by atoms with Crippen LogP contribution in [0.25, 0.3) is 78.3 Å². The number of ether oxygens (including phenoxy) is 1. The molecule has 288 valence electrons. The van der Waals surface area contributed by atoms with E-state index in [9.17, 15) is 5.26 Å². The number of fused-ring (bicyclic) bond motifs is 10. The zero-order chi connectivity index (χ0) is 41.2. The largest absolute Gasteiger partial charge is 0.457 e. The smallest absolute Gasteiger partial charge is 0.164 e. The standard InChI is InChI=1S/C57H34N4O/c58-35-40-32-33-44(43-23-8-7-22-41(40)43)45-25-15-29-49-53(45)52-42(24-14-28-48(52)57(49)46-26-9-11-30-50(46)62-51-31-12-10-27-47(51)57)38-20-13-21-39(34-38)56-60-54(36-16-3-1-4-17-36)59-55(61-56)37-18-5-2-6-19-37/h1-34H. The molecule has 0 bridgehead atoms. The number of hydrogen-bond donors (Lipinski definition) is 0. The van der Waals surface area contributed by atoms with Gasteiger partial charge in [-0.25, -0.2) is 15.0 Å². The first-order chi connectivity index (χ1) is 30.7. The summed E-state index contributed by atoms with van der Waals surface area (Å²) in [5.41, 5.74) is 13.9. The Hall–Kier alpha value is -8.46. The highest BCUT2D eigenvalue weighted by Crippen LogP contribution is 2.65. The first-order valence-corrected chi connectivity index (χ1v) is 20.7. The van der Waals surface area contributed by atoms with Gasteiger partial charge in [0.2, 0.25) is 0 Å². The first-order valence-electron chi connectivity index (χ1n) is 20.7. The Morgan fingerprint density at radius 2 is 0.839 bits per heavy atom. The van der Waals surface area contributed by atoms with E-state index in [0.717, 1.165) is 83.5 Å². The molecule has 10 aromatic rings. The Morgan fingerprint density at radius 3 is 1.47 bits per heavy atom. The maximum Gasteiger partial charge on any atom is 0.164 e. The normalized spacial score (nSPS) is 12.8. The molecular weight excluding hydrogens is 757 g/mol. The molecule has 0 saturated heterocycles. The molecule has 0 unspecified atom stereocenters. The summed E-state index contributed by atoms with van der Waals surface area (Å²) in [5, 5.41) is 12.1. The summed E-state index contributed by atoms with van der Waals surface area (Å²) in [7, 11) is 0. The van der Waals surface area contributed by atoms with Crippen LogP contribution in [0.4, 0.5) is 0 Å². The van der Waals surface area contributed by atoms with Gasteiger partial charge < -0.3 is 4.74 Å². The topological polar surface area (TPSA) is 71.7 Å². The third-order valence-corrected chi connectivity index (χ3v) is 12.5. The maximum absolute atomic E-state index is 10.2. The fourth-order valence-electron chi connectivity index (χ4n) is 9.85. The lowest BCUT2D eigenvalue weighted by molar-refractivity contribution is 0.436. The van der Waals surface area contributed by atoms with Crippen molar-refractivity contribution in [1.29, 1.82) is 5.26 Å². The van der Waals surface area contributed by atoms with Crippen molar-refractivity contribution in [3.63, 3.8) is 0 Å². The van der Waals surface area contributed by atoms with Crippen LogP contribution in [0.3, 0.4) is 0 Å². The highest BCUT2D eigenvalue weighted by molar-refractivity contribution is 6.08. The zero-order valence-electron chi connectivity index (χ0n) is 33.3. The summed E-state index contributed by atoms with van der Waals surface area (Å²) >= 11 is 0. The Balaban J connectivity index is 1.14. The van der Waals surface area contributed by atoms with Crippen molar-refractivity contribution in [2.45, 2.75) is 5.41 Å². The predicted molar refractivity (Wildman–Crippen MR) is 247 cm³/mol. The highest BCUT2D eigenvalue weighted by Gasteiger charge is 2.52. The van der Waals surface area contributed by atoms with Crippen molar-refractivity contribution < 1.29 is 4.74 Å². The lowest BCUT2D eigenvalue weighted by atomic mass is 9.66. The summed E-state index contributed by atoms with van der Waals surface area (Å²) in [5.74, 6) is 3.51. The Kier molecular flexibility index (Phi) is 8.06. The maximum atomic E-state index is 10.2. The molecule has 5 nitrogen and oxygen atoms in total. The summed E-state index contributed by atoms with van der Waals surface area (Å²) in [6.45, 7) is 0. The lowest BCUT2D eigenvalue weighted by Crippen LogP contribution is -2.32. The van der Waals surface area contributed by atoms with Gasteiger partial charge in [0, 0.05) is 33.2 Å². The molecule has 12 rings (SSSR count). The molecule has 1 spiro atoms. The summed E-state index contributed by atoms with van der Waals surface area (Å²) < 4.78 is 6.71. The average Bonchev–Trinajstić information content (AvgIpc) is 3.65. The van der Waals surface area contributed by atoms with E-state index in [2.05, 4.69) is 121 Å². The van der Waals surface area contributed by atoms with Crippen molar-refractivity contribution >= 4 is 10.8 Å².